The van der Waals surface area contributed by atoms with E-state index in [4.69, 9.17) is 9.84 Å². The van der Waals surface area contributed by atoms with E-state index in [1.54, 1.807) is 0 Å². The van der Waals surface area contributed by atoms with Crippen LogP contribution >= 0.6 is 0 Å². The molecule has 7 heteroatoms. The summed E-state index contributed by atoms with van der Waals surface area (Å²) < 4.78 is 6.11. The highest BCUT2D eigenvalue weighted by Crippen LogP contribution is 2.31. The molecule has 1 aliphatic carbocycles. The van der Waals surface area contributed by atoms with E-state index in [1.807, 2.05) is 18.3 Å². The third-order valence-corrected chi connectivity index (χ3v) is 7.12. The number of nitrogens with zero attached hydrogens (tertiary/aromatic N) is 3. The minimum atomic E-state index is 0.0306. The quantitative estimate of drug-likeness (QED) is 0.277. The van der Waals surface area contributed by atoms with Crippen molar-refractivity contribution in [1.82, 2.24) is 10.2 Å². The topological polar surface area (TPSA) is 86.5 Å². The maximum Gasteiger partial charge on any atom is 0.224 e. The van der Waals surface area contributed by atoms with E-state index < -0.39 is 0 Å². The minimum Gasteiger partial charge on any atom is -0.493 e. The number of piperidine rings is 1. The normalized spacial score (nSPS) is 19.6. The zero-order valence-electron chi connectivity index (χ0n) is 21.9. The number of aliphatic hydroxyl groups excluding tert-OH is 1. The Labute approximate surface area is 216 Å². The van der Waals surface area contributed by atoms with Crippen LogP contribution in [0.15, 0.2) is 52.1 Å². The molecule has 0 radical (unpaired) electrons. The average Bonchev–Trinajstić information content (AvgIpc) is 2.93. The zero-order chi connectivity index (χ0) is 25.8. The number of carbonyl (C=O) groups excluding carboxylic acids is 1. The number of guanidine groups is 1. The Kier molecular flexibility index (Phi) is 11.2. The molecule has 1 aromatic carbocycles. The Balaban J connectivity index is 1.43. The Morgan fingerprint density at radius 2 is 2.00 bits per heavy atom. The van der Waals surface area contributed by atoms with Gasteiger partial charge in [-0.1, -0.05) is 30.7 Å². The molecule has 2 aliphatic rings. The van der Waals surface area contributed by atoms with Crippen LogP contribution in [-0.4, -0.2) is 61.4 Å². The van der Waals surface area contributed by atoms with E-state index in [2.05, 4.69) is 59.0 Å². The first-order chi connectivity index (χ1) is 17.5. The van der Waals surface area contributed by atoms with Crippen molar-refractivity contribution in [3.05, 3.63) is 47.7 Å². The smallest absolute Gasteiger partial charge is 0.224 e. The standard InChI is InChI=1S/C29H42N4O3/c1-4-22(2)20-32-29(30-3)33-17-14-23(15-18-33)21-36-27-12-10-25(11-13-27)24-6-8-26(9-7-24)28(35)31-16-5-19-34/h6,10-13,20,23,26,34H,3-5,7-9,14-19,21H2,1-2H3,(H,31,35)/b22-20+,32-29+. The molecule has 1 atom stereocenters. The first-order valence-corrected chi connectivity index (χ1v) is 13.3. The van der Waals surface area contributed by atoms with Crippen molar-refractivity contribution in [2.75, 3.05) is 32.8 Å². The number of hydrogen-bond donors (Lipinski definition) is 2. The SMILES string of the molecule is C=N/C(=N\C=C(/C)CC)N1CCC(COc2ccc(C3=CCC(C(=O)NCCCO)CC3)cc2)CC1. The molecule has 1 aromatic rings. The molecule has 1 heterocycles. The fourth-order valence-corrected chi connectivity index (χ4v) is 4.53. The first-order valence-electron chi connectivity index (χ1n) is 13.3. The maximum atomic E-state index is 12.2. The van der Waals surface area contributed by atoms with Crippen molar-refractivity contribution < 1.29 is 14.6 Å². The summed E-state index contributed by atoms with van der Waals surface area (Å²) in [5.74, 6) is 2.25. The van der Waals surface area contributed by atoms with Gasteiger partial charge in [-0.25, -0.2) is 9.98 Å². The van der Waals surface area contributed by atoms with Crippen molar-refractivity contribution in [3.8, 4) is 5.75 Å². The summed E-state index contributed by atoms with van der Waals surface area (Å²) >= 11 is 0. The van der Waals surface area contributed by atoms with Gasteiger partial charge in [0, 0.05) is 38.4 Å². The summed E-state index contributed by atoms with van der Waals surface area (Å²) in [5.41, 5.74) is 3.73. The largest absolute Gasteiger partial charge is 0.493 e. The highest BCUT2D eigenvalue weighted by molar-refractivity contribution is 5.84. The molecule has 36 heavy (non-hydrogen) atoms. The van der Waals surface area contributed by atoms with Crippen LogP contribution in [0.25, 0.3) is 5.57 Å². The molecular formula is C29H42N4O3. The van der Waals surface area contributed by atoms with Crippen LogP contribution in [0, 0.1) is 11.8 Å². The molecule has 1 unspecified atom stereocenters. The van der Waals surface area contributed by atoms with E-state index in [9.17, 15) is 4.79 Å². The van der Waals surface area contributed by atoms with Crippen LogP contribution in [0.1, 0.15) is 64.4 Å². The Morgan fingerprint density at radius 3 is 2.61 bits per heavy atom. The Bertz CT molecular complexity index is 944. The predicted molar refractivity (Wildman–Crippen MR) is 147 cm³/mol. The number of rotatable bonds is 10. The predicted octanol–water partition coefficient (Wildman–Crippen LogP) is 4.83. The number of amides is 1. The molecule has 0 spiro atoms. The lowest BCUT2D eigenvalue weighted by Crippen LogP contribution is -2.38. The number of allylic oxidation sites excluding steroid dienone is 3. The van der Waals surface area contributed by atoms with Crippen molar-refractivity contribution in [3.63, 3.8) is 0 Å². The summed E-state index contributed by atoms with van der Waals surface area (Å²) in [5, 5.41) is 11.8. The van der Waals surface area contributed by atoms with Crippen LogP contribution in [0.5, 0.6) is 5.75 Å². The third-order valence-electron chi connectivity index (χ3n) is 7.12. The first kappa shape index (κ1) is 27.7. The maximum absolute atomic E-state index is 12.2. The fraction of sp³-hybridized carbons (Fsp3) is 0.552. The minimum absolute atomic E-state index is 0.0306. The van der Waals surface area contributed by atoms with Crippen LogP contribution < -0.4 is 10.1 Å². The summed E-state index contributed by atoms with van der Waals surface area (Å²) in [7, 11) is 0. The van der Waals surface area contributed by atoms with Crippen LogP contribution in [0.3, 0.4) is 0 Å². The van der Waals surface area contributed by atoms with E-state index in [0.29, 0.717) is 31.4 Å². The highest BCUT2D eigenvalue weighted by Gasteiger charge is 2.23. The van der Waals surface area contributed by atoms with Crippen LogP contribution in [0.2, 0.25) is 0 Å². The number of likely N-dealkylation sites (tertiary alicyclic amines) is 1. The number of benzene rings is 1. The number of aliphatic imine (C=N–C) groups is 2. The van der Waals surface area contributed by atoms with Gasteiger partial charge >= 0.3 is 0 Å². The molecule has 0 aromatic heterocycles. The van der Waals surface area contributed by atoms with Crippen molar-refractivity contribution in [2.45, 2.75) is 58.8 Å². The van der Waals surface area contributed by atoms with Crippen molar-refractivity contribution in [2.24, 2.45) is 21.8 Å². The van der Waals surface area contributed by atoms with Crippen LogP contribution in [0.4, 0.5) is 0 Å². The van der Waals surface area contributed by atoms with E-state index in [0.717, 1.165) is 57.4 Å². The molecule has 7 nitrogen and oxygen atoms in total. The molecule has 1 saturated heterocycles. The van der Waals surface area contributed by atoms with E-state index >= 15 is 0 Å². The molecule has 1 aliphatic heterocycles. The summed E-state index contributed by atoms with van der Waals surface area (Å²) in [6, 6.07) is 8.34. The number of ether oxygens (including phenoxy) is 1. The second kappa shape index (κ2) is 14.6. The van der Waals surface area contributed by atoms with Gasteiger partial charge in [-0.3, -0.25) is 4.79 Å². The molecule has 0 bridgehead atoms. The molecule has 196 valence electrons. The van der Waals surface area contributed by atoms with Gasteiger partial charge < -0.3 is 20.1 Å². The molecule has 3 rings (SSSR count). The van der Waals surface area contributed by atoms with Gasteiger partial charge in [-0.05, 0) is 87.8 Å². The monoisotopic (exact) mass is 494 g/mol. The van der Waals surface area contributed by atoms with E-state index in [-0.39, 0.29) is 18.4 Å². The molecule has 2 N–H and O–H groups in total. The van der Waals surface area contributed by atoms with Gasteiger partial charge in [0.1, 0.15) is 5.75 Å². The van der Waals surface area contributed by atoms with Gasteiger partial charge in [-0.15, -0.1) is 0 Å². The lowest BCUT2D eigenvalue weighted by Gasteiger charge is -2.32. The Morgan fingerprint density at radius 1 is 1.25 bits per heavy atom. The summed E-state index contributed by atoms with van der Waals surface area (Å²) in [6.45, 7) is 11.1. The number of nitrogens with one attached hydrogen (secondary N) is 1. The third kappa shape index (κ3) is 8.33. The molecule has 1 amide bonds. The summed E-state index contributed by atoms with van der Waals surface area (Å²) in [4.78, 5) is 23.1. The van der Waals surface area contributed by atoms with Crippen molar-refractivity contribution in [1.29, 1.82) is 0 Å². The fourth-order valence-electron chi connectivity index (χ4n) is 4.53. The van der Waals surface area contributed by atoms with Gasteiger partial charge in [0.25, 0.3) is 0 Å². The van der Waals surface area contributed by atoms with Gasteiger partial charge in [0.05, 0.1) is 6.61 Å². The lowest BCUT2D eigenvalue weighted by molar-refractivity contribution is -0.125. The number of carbonyl (C=O) groups is 1. The zero-order valence-corrected chi connectivity index (χ0v) is 21.9. The van der Waals surface area contributed by atoms with Crippen LogP contribution in [-0.2, 0) is 4.79 Å². The van der Waals surface area contributed by atoms with Crippen molar-refractivity contribution >= 4 is 24.2 Å². The average molecular weight is 495 g/mol. The van der Waals surface area contributed by atoms with Gasteiger partial charge in [0.2, 0.25) is 11.9 Å². The second-order valence-corrected chi connectivity index (χ2v) is 9.75. The molecular weight excluding hydrogens is 452 g/mol. The number of hydrogen-bond acceptors (Lipinski definition) is 4. The van der Waals surface area contributed by atoms with Gasteiger partial charge in [-0.2, -0.15) is 0 Å². The number of aliphatic hydroxyl groups is 1. The summed E-state index contributed by atoms with van der Waals surface area (Å²) in [6.07, 6.45) is 10.3. The van der Waals surface area contributed by atoms with Gasteiger partial charge in [0.15, 0.2) is 0 Å². The second-order valence-electron chi connectivity index (χ2n) is 9.75. The molecule has 1 fully saturated rings. The highest BCUT2D eigenvalue weighted by atomic mass is 16.5. The van der Waals surface area contributed by atoms with E-state index in [1.165, 1.54) is 16.7 Å². The molecule has 0 saturated carbocycles. The lowest BCUT2D eigenvalue weighted by atomic mass is 9.86. The Hall–Kier alpha value is -2.93.